The number of nitro benzene ring substituents is 1. The molecule has 0 N–H and O–H groups in total. The van der Waals surface area contributed by atoms with Crippen molar-refractivity contribution in [1.82, 2.24) is 0 Å². The van der Waals surface area contributed by atoms with E-state index in [1.54, 1.807) is 0 Å². The Hall–Kier alpha value is -1.96. The molecule has 98 valence electrons. The summed E-state index contributed by atoms with van der Waals surface area (Å²) in [5.41, 5.74) is 0.190. The SMILES string of the molecule is CO/N=C(/C)c1ccc(S(C)(=O)=O)cc1[N+](=O)[O-]. The van der Waals surface area contributed by atoms with Gasteiger partial charge in [0.1, 0.15) is 7.11 Å². The highest BCUT2D eigenvalue weighted by Gasteiger charge is 2.20. The third kappa shape index (κ3) is 3.04. The lowest BCUT2D eigenvalue weighted by molar-refractivity contribution is -0.385. The van der Waals surface area contributed by atoms with E-state index < -0.39 is 14.8 Å². The molecular formula is C10H12N2O5S. The average molecular weight is 272 g/mol. The van der Waals surface area contributed by atoms with Crippen LogP contribution < -0.4 is 0 Å². The van der Waals surface area contributed by atoms with Crippen molar-refractivity contribution in [2.24, 2.45) is 5.16 Å². The van der Waals surface area contributed by atoms with Crippen molar-refractivity contribution in [3.05, 3.63) is 33.9 Å². The van der Waals surface area contributed by atoms with Gasteiger partial charge in [-0.15, -0.1) is 0 Å². The molecule has 0 spiro atoms. The first-order valence-electron chi connectivity index (χ1n) is 4.84. The van der Waals surface area contributed by atoms with Gasteiger partial charge < -0.3 is 4.84 Å². The van der Waals surface area contributed by atoms with E-state index in [1.165, 1.54) is 26.2 Å². The second-order valence-electron chi connectivity index (χ2n) is 3.57. The van der Waals surface area contributed by atoms with E-state index in [0.29, 0.717) is 5.71 Å². The molecule has 7 nitrogen and oxygen atoms in total. The van der Waals surface area contributed by atoms with Gasteiger partial charge in [0.25, 0.3) is 5.69 Å². The summed E-state index contributed by atoms with van der Waals surface area (Å²) in [6, 6.07) is 3.65. The molecule has 0 heterocycles. The minimum Gasteiger partial charge on any atom is -0.399 e. The molecule has 0 saturated heterocycles. The Kier molecular flexibility index (Phi) is 4.02. The fourth-order valence-electron chi connectivity index (χ4n) is 1.39. The summed E-state index contributed by atoms with van der Waals surface area (Å²) in [5, 5.41) is 14.5. The number of oxime groups is 1. The zero-order valence-corrected chi connectivity index (χ0v) is 10.9. The van der Waals surface area contributed by atoms with Gasteiger partial charge in [0.15, 0.2) is 9.84 Å². The third-order valence-corrected chi connectivity index (χ3v) is 3.32. The molecule has 0 atom stereocenters. The smallest absolute Gasteiger partial charge is 0.279 e. The topological polar surface area (TPSA) is 98.9 Å². The van der Waals surface area contributed by atoms with Gasteiger partial charge in [0.2, 0.25) is 0 Å². The number of rotatable bonds is 4. The zero-order valence-electron chi connectivity index (χ0n) is 10.1. The fourth-order valence-corrected chi connectivity index (χ4v) is 2.03. The second kappa shape index (κ2) is 5.13. The number of hydrogen-bond acceptors (Lipinski definition) is 6. The van der Waals surface area contributed by atoms with Crippen LogP contribution in [0.25, 0.3) is 0 Å². The van der Waals surface area contributed by atoms with Gasteiger partial charge in [0, 0.05) is 12.3 Å². The van der Waals surface area contributed by atoms with E-state index in [-0.39, 0.29) is 16.1 Å². The van der Waals surface area contributed by atoms with Crippen molar-refractivity contribution in [2.45, 2.75) is 11.8 Å². The van der Waals surface area contributed by atoms with Crippen LogP contribution in [0.15, 0.2) is 28.3 Å². The lowest BCUT2D eigenvalue weighted by atomic mass is 10.1. The maximum Gasteiger partial charge on any atom is 0.279 e. The Morgan fingerprint density at radius 1 is 1.44 bits per heavy atom. The lowest BCUT2D eigenvalue weighted by Gasteiger charge is -2.04. The molecule has 18 heavy (non-hydrogen) atoms. The van der Waals surface area contributed by atoms with Crippen molar-refractivity contribution in [2.75, 3.05) is 13.4 Å². The first-order chi connectivity index (χ1) is 8.27. The molecule has 1 aromatic rings. The van der Waals surface area contributed by atoms with Gasteiger partial charge >= 0.3 is 0 Å². The molecule has 1 rings (SSSR count). The molecule has 0 radical (unpaired) electrons. The molecule has 0 aliphatic carbocycles. The monoisotopic (exact) mass is 272 g/mol. The van der Waals surface area contributed by atoms with E-state index in [2.05, 4.69) is 9.99 Å². The maximum absolute atomic E-state index is 11.3. The van der Waals surface area contributed by atoms with Crippen molar-refractivity contribution >= 4 is 21.2 Å². The number of sulfone groups is 1. The molecule has 0 aliphatic heterocycles. The largest absolute Gasteiger partial charge is 0.399 e. The van der Waals surface area contributed by atoms with Gasteiger partial charge in [-0.1, -0.05) is 5.16 Å². The van der Waals surface area contributed by atoms with Crippen LogP contribution in [0.2, 0.25) is 0 Å². The number of hydrogen-bond donors (Lipinski definition) is 0. The highest BCUT2D eigenvalue weighted by atomic mass is 32.2. The predicted octanol–water partition coefficient (Wildman–Crippen LogP) is 1.37. The van der Waals surface area contributed by atoms with E-state index in [1.807, 2.05) is 0 Å². The minimum absolute atomic E-state index is 0.108. The van der Waals surface area contributed by atoms with Gasteiger partial charge in [0.05, 0.1) is 21.1 Å². The lowest BCUT2D eigenvalue weighted by Crippen LogP contribution is -2.05. The predicted molar refractivity (Wildman–Crippen MR) is 65.4 cm³/mol. The molecule has 0 bridgehead atoms. The third-order valence-electron chi connectivity index (χ3n) is 2.21. The Labute approximate surface area is 104 Å². The molecular weight excluding hydrogens is 260 g/mol. The second-order valence-corrected chi connectivity index (χ2v) is 5.58. The molecule has 8 heteroatoms. The molecule has 0 amide bonds. The molecule has 0 aliphatic rings. The first kappa shape index (κ1) is 14.1. The standard InChI is InChI=1S/C10H12N2O5S/c1-7(11-17-2)9-5-4-8(18(3,15)16)6-10(9)12(13)14/h4-6H,1-3H3/b11-7-. The fraction of sp³-hybridized carbons (Fsp3) is 0.300. The van der Waals surface area contributed by atoms with Crippen LogP contribution in [-0.2, 0) is 14.7 Å². The highest BCUT2D eigenvalue weighted by molar-refractivity contribution is 7.90. The van der Waals surface area contributed by atoms with Crippen LogP contribution in [0, 0.1) is 10.1 Å². The summed E-state index contributed by atoms with van der Waals surface area (Å²) in [6.07, 6.45) is 0.988. The maximum atomic E-state index is 11.3. The summed E-state index contributed by atoms with van der Waals surface area (Å²) in [6.45, 7) is 1.53. The van der Waals surface area contributed by atoms with Gasteiger partial charge in [-0.2, -0.15) is 0 Å². The van der Waals surface area contributed by atoms with Crippen molar-refractivity contribution < 1.29 is 18.2 Å². The molecule has 0 unspecified atom stereocenters. The highest BCUT2D eigenvalue weighted by Crippen LogP contribution is 2.23. The normalized spacial score (nSPS) is 12.3. The average Bonchev–Trinajstić information content (AvgIpc) is 2.27. The number of benzene rings is 1. The van der Waals surface area contributed by atoms with Gasteiger partial charge in [-0.3, -0.25) is 10.1 Å². The summed E-state index contributed by atoms with van der Waals surface area (Å²) < 4.78 is 22.7. The van der Waals surface area contributed by atoms with E-state index in [0.717, 1.165) is 12.3 Å². The summed E-state index contributed by atoms with van der Waals surface area (Å²) in [5.74, 6) is 0. The Morgan fingerprint density at radius 3 is 2.50 bits per heavy atom. The van der Waals surface area contributed by atoms with E-state index in [4.69, 9.17) is 0 Å². The summed E-state index contributed by atoms with van der Waals surface area (Å²) in [7, 11) is -2.17. The van der Waals surface area contributed by atoms with Crippen molar-refractivity contribution in [3.63, 3.8) is 0 Å². The number of nitro groups is 1. The van der Waals surface area contributed by atoms with Gasteiger partial charge in [-0.05, 0) is 19.1 Å². The Bertz CT molecular complexity index is 607. The molecule has 0 aromatic heterocycles. The molecule has 0 saturated carbocycles. The van der Waals surface area contributed by atoms with Crippen molar-refractivity contribution in [1.29, 1.82) is 0 Å². The van der Waals surface area contributed by atoms with E-state index in [9.17, 15) is 18.5 Å². The molecule has 0 fully saturated rings. The van der Waals surface area contributed by atoms with Crippen LogP contribution >= 0.6 is 0 Å². The Balaban J connectivity index is 3.48. The summed E-state index contributed by atoms with van der Waals surface area (Å²) in [4.78, 5) is 14.7. The summed E-state index contributed by atoms with van der Waals surface area (Å²) >= 11 is 0. The van der Waals surface area contributed by atoms with Crippen LogP contribution in [0.4, 0.5) is 5.69 Å². The minimum atomic E-state index is -3.49. The van der Waals surface area contributed by atoms with Crippen LogP contribution in [0.1, 0.15) is 12.5 Å². The van der Waals surface area contributed by atoms with Gasteiger partial charge in [-0.25, -0.2) is 8.42 Å². The van der Waals surface area contributed by atoms with E-state index >= 15 is 0 Å². The van der Waals surface area contributed by atoms with Crippen molar-refractivity contribution in [3.8, 4) is 0 Å². The van der Waals surface area contributed by atoms with Crippen LogP contribution in [0.3, 0.4) is 0 Å². The van der Waals surface area contributed by atoms with Crippen LogP contribution in [-0.4, -0.2) is 32.4 Å². The number of nitrogens with zero attached hydrogens (tertiary/aromatic N) is 2. The molecule has 1 aromatic carbocycles. The van der Waals surface area contributed by atoms with Crippen LogP contribution in [0.5, 0.6) is 0 Å². The Morgan fingerprint density at radius 2 is 2.06 bits per heavy atom. The first-order valence-corrected chi connectivity index (χ1v) is 6.73. The zero-order chi connectivity index (χ0) is 13.9. The quantitative estimate of drug-likeness (QED) is 0.468.